The molecule has 5 heteroatoms. The lowest BCUT2D eigenvalue weighted by Gasteiger charge is -2.28. The maximum absolute atomic E-state index is 10.4. The average Bonchev–Trinajstić information content (AvgIpc) is 2.47. The van der Waals surface area contributed by atoms with Gasteiger partial charge in [0.05, 0.1) is 25.9 Å². The van der Waals surface area contributed by atoms with Crippen LogP contribution >= 0.6 is 0 Å². The molecule has 5 nitrogen and oxygen atoms in total. The Morgan fingerprint density at radius 1 is 1.35 bits per heavy atom. The minimum atomic E-state index is -0.998. The lowest BCUT2D eigenvalue weighted by molar-refractivity contribution is -0.0427. The van der Waals surface area contributed by atoms with Crippen molar-refractivity contribution in [2.24, 2.45) is 5.92 Å². The Hall–Kier alpha value is -1.59. The third-order valence-electron chi connectivity index (χ3n) is 3.41. The number of nitrogens with one attached hydrogen (secondary N) is 1. The molecule has 1 aromatic rings. The van der Waals surface area contributed by atoms with Crippen molar-refractivity contribution in [3.8, 4) is 0 Å². The van der Waals surface area contributed by atoms with E-state index in [-0.39, 0.29) is 6.10 Å². The van der Waals surface area contributed by atoms with Gasteiger partial charge in [-0.05, 0) is 18.4 Å². The fourth-order valence-electron chi connectivity index (χ4n) is 2.27. The summed E-state index contributed by atoms with van der Waals surface area (Å²) in [6.07, 6.45) is 0.888. The Kier molecular flexibility index (Phi) is 5.83. The standard InChI is InChI=1S/C15H21NO4/c17-15(18)16-8-14-7-6-13(11-20-14)10-19-9-12-4-2-1-3-5-12/h1-5,13-14,16H,6-11H2,(H,17,18)/t13-,14?/m1/s1. The van der Waals surface area contributed by atoms with E-state index in [0.717, 1.165) is 12.8 Å². The highest BCUT2D eigenvalue weighted by atomic mass is 16.5. The lowest BCUT2D eigenvalue weighted by Crippen LogP contribution is -2.37. The Labute approximate surface area is 118 Å². The van der Waals surface area contributed by atoms with Crippen molar-refractivity contribution >= 4 is 6.09 Å². The molecule has 2 atom stereocenters. The Morgan fingerprint density at radius 2 is 2.15 bits per heavy atom. The summed E-state index contributed by atoms with van der Waals surface area (Å²) in [7, 11) is 0. The van der Waals surface area contributed by atoms with Crippen molar-refractivity contribution in [3.05, 3.63) is 35.9 Å². The van der Waals surface area contributed by atoms with Crippen molar-refractivity contribution in [3.63, 3.8) is 0 Å². The molecule has 0 bridgehead atoms. The molecule has 1 amide bonds. The summed E-state index contributed by atoms with van der Waals surface area (Å²) in [6.45, 7) is 2.32. The van der Waals surface area contributed by atoms with Crippen molar-refractivity contribution in [1.82, 2.24) is 5.32 Å². The summed E-state index contributed by atoms with van der Waals surface area (Å²) in [4.78, 5) is 10.4. The first kappa shape index (κ1) is 14.8. The van der Waals surface area contributed by atoms with Gasteiger partial charge >= 0.3 is 6.09 Å². The number of hydrogen-bond acceptors (Lipinski definition) is 3. The second kappa shape index (κ2) is 7.87. The first-order chi connectivity index (χ1) is 9.74. The molecule has 1 heterocycles. The van der Waals surface area contributed by atoms with Crippen LogP contribution in [0.25, 0.3) is 0 Å². The summed E-state index contributed by atoms with van der Waals surface area (Å²) in [5.74, 6) is 0.403. The highest BCUT2D eigenvalue weighted by molar-refractivity contribution is 5.64. The smallest absolute Gasteiger partial charge is 0.404 e. The van der Waals surface area contributed by atoms with Crippen LogP contribution in [-0.2, 0) is 16.1 Å². The number of carboxylic acid groups (broad SMARTS) is 1. The Balaban J connectivity index is 1.59. The van der Waals surface area contributed by atoms with Gasteiger partial charge in [0.25, 0.3) is 0 Å². The second-order valence-corrected chi connectivity index (χ2v) is 5.09. The Bertz CT molecular complexity index is 402. The molecule has 0 aliphatic carbocycles. The van der Waals surface area contributed by atoms with Crippen LogP contribution in [0, 0.1) is 5.92 Å². The van der Waals surface area contributed by atoms with Gasteiger partial charge in [-0.2, -0.15) is 0 Å². The van der Waals surface area contributed by atoms with Gasteiger partial charge in [-0.3, -0.25) is 0 Å². The van der Waals surface area contributed by atoms with E-state index in [1.165, 1.54) is 5.56 Å². The van der Waals surface area contributed by atoms with Crippen LogP contribution in [0.4, 0.5) is 4.79 Å². The van der Waals surface area contributed by atoms with Gasteiger partial charge in [-0.1, -0.05) is 30.3 Å². The third kappa shape index (κ3) is 5.19. The van der Waals surface area contributed by atoms with Crippen LogP contribution in [0.15, 0.2) is 30.3 Å². The van der Waals surface area contributed by atoms with Gasteiger partial charge in [0.2, 0.25) is 0 Å². The second-order valence-electron chi connectivity index (χ2n) is 5.09. The van der Waals surface area contributed by atoms with Gasteiger partial charge in [-0.15, -0.1) is 0 Å². The van der Waals surface area contributed by atoms with E-state index in [1.807, 2.05) is 30.3 Å². The van der Waals surface area contributed by atoms with Gasteiger partial charge in [-0.25, -0.2) is 4.79 Å². The molecule has 0 aromatic heterocycles. The molecule has 0 saturated carbocycles. The van der Waals surface area contributed by atoms with Crippen molar-refractivity contribution in [2.45, 2.75) is 25.6 Å². The molecule has 2 N–H and O–H groups in total. The molecule has 1 saturated heterocycles. The van der Waals surface area contributed by atoms with E-state index in [4.69, 9.17) is 14.6 Å². The molecular weight excluding hydrogens is 258 g/mol. The Morgan fingerprint density at radius 3 is 2.80 bits per heavy atom. The molecule has 0 radical (unpaired) electrons. The number of rotatable bonds is 6. The number of benzene rings is 1. The maximum Gasteiger partial charge on any atom is 0.404 e. The molecule has 1 aliphatic rings. The summed E-state index contributed by atoms with van der Waals surface area (Å²) in [5.41, 5.74) is 1.17. The van der Waals surface area contributed by atoms with Crippen LogP contribution in [0.2, 0.25) is 0 Å². The fourth-order valence-corrected chi connectivity index (χ4v) is 2.27. The quantitative estimate of drug-likeness (QED) is 0.838. The average molecular weight is 279 g/mol. The number of hydrogen-bond donors (Lipinski definition) is 2. The SMILES string of the molecule is O=C(O)NCC1CC[C@H](COCc2ccccc2)CO1. The van der Waals surface area contributed by atoms with Gasteiger partial charge in [0.15, 0.2) is 0 Å². The zero-order valence-corrected chi connectivity index (χ0v) is 11.5. The van der Waals surface area contributed by atoms with E-state index < -0.39 is 6.09 Å². The van der Waals surface area contributed by atoms with Crippen molar-refractivity contribution < 1.29 is 19.4 Å². The van der Waals surface area contributed by atoms with Gasteiger partial charge < -0.3 is 19.9 Å². The topological polar surface area (TPSA) is 67.8 Å². The van der Waals surface area contributed by atoms with E-state index in [0.29, 0.717) is 32.3 Å². The molecule has 1 aromatic carbocycles. The zero-order chi connectivity index (χ0) is 14.2. The molecule has 20 heavy (non-hydrogen) atoms. The minimum Gasteiger partial charge on any atom is -0.465 e. The van der Waals surface area contributed by atoms with Gasteiger partial charge in [0, 0.05) is 12.5 Å². The van der Waals surface area contributed by atoms with Crippen molar-refractivity contribution in [1.29, 1.82) is 0 Å². The summed E-state index contributed by atoms with van der Waals surface area (Å²) < 4.78 is 11.3. The van der Waals surface area contributed by atoms with E-state index in [1.54, 1.807) is 0 Å². The predicted octanol–water partition coefficient (Wildman–Crippen LogP) is 2.27. The molecule has 1 unspecified atom stereocenters. The molecule has 1 aliphatic heterocycles. The first-order valence-corrected chi connectivity index (χ1v) is 6.94. The van der Waals surface area contributed by atoms with Crippen LogP contribution in [0.5, 0.6) is 0 Å². The lowest BCUT2D eigenvalue weighted by atomic mass is 9.99. The zero-order valence-electron chi connectivity index (χ0n) is 11.5. The van der Waals surface area contributed by atoms with Crippen molar-refractivity contribution in [2.75, 3.05) is 19.8 Å². The number of amides is 1. The van der Waals surface area contributed by atoms with Crippen LogP contribution < -0.4 is 5.32 Å². The van der Waals surface area contributed by atoms with Crippen LogP contribution in [0.3, 0.4) is 0 Å². The highest BCUT2D eigenvalue weighted by Gasteiger charge is 2.22. The van der Waals surface area contributed by atoms with E-state index in [9.17, 15) is 4.79 Å². The maximum atomic E-state index is 10.4. The van der Waals surface area contributed by atoms with E-state index in [2.05, 4.69) is 5.32 Å². The molecule has 2 rings (SSSR count). The van der Waals surface area contributed by atoms with Crippen LogP contribution in [0.1, 0.15) is 18.4 Å². The first-order valence-electron chi connectivity index (χ1n) is 6.94. The summed E-state index contributed by atoms with van der Waals surface area (Å²) in [5, 5.41) is 10.9. The monoisotopic (exact) mass is 279 g/mol. The minimum absolute atomic E-state index is 0.00327. The summed E-state index contributed by atoms with van der Waals surface area (Å²) >= 11 is 0. The molecule has 110 valence electrons. The normalized spacial score (nSPS) is 22.4. The fraction of sp³-hybridized carbons (Fsp3) is 0.533. The largest absolute Gasteiger partial charge is 0.465 e. The molecule has 0 spiro atoms. The predicted molar refractivity (Wildman–Crippen MR) is 74.6 cm³/mol. The molecule has 1 fully saturated rings. The number of ether oxygens (including phenoxy) is 2. The molecular formula is C15H21NO4. The summed E-state index contributed by atoms with van der Waals surface area (Å²) in [6, 6.07) is 10.1. The van der Waals surface area contributed by atoms with E-state index >= 15 is 0 Å². The van der Waals surface area contributed by atoms with Crippen LogP contribution in [-0.4, -0.2) is 37.1 Å². The highest BCUT2D eigenvalue weighted by Crippen LogP contribution is 2.19. The van der Waals surface area contributed by atoms with Gasteiger partial charge in [0.1, 0.15) is 0 Å². The number of carbonyl (C=O) groups is 1. The third-order valence-corrected chi connectivity index (χ3v) is 3.41.